The van der Waals surface area contributed by atoms with Gasteiger partial charge in [-0.15, -0.1) is 0 Å². The Morgan fingerprint density at radius 1 is 1.39 bits per heavy atom. The van der Waals surface area contributed by atoms with Crippen LogP contribution in [0.1, 0.15) is 12.5 Å². The summed E-state index contributed by atoms with van der Waals surface area (Å²) in [5.74, 6) is 0.578. The van der Waals surface area contributed by atoms with E-state index in [1.807, 2.05) is 18.2 Å². The van der Waals surface area contributed by atoms with Gasteiger partial charge in [0.15, 0.2) is 0 Å². The van der Waals surface area contributed by atoms with Crippen LogP contribution < -0.4 is 11.2 Å². The van der Waals surface area contributed by atoms with Crippen LogP contribution >= 0.6 is 0 Å². The Hall–Kier alpha value is -1.43. The molecule has 1 heterocycles. The van der Waals surface area contributed by atoms with Crippen molar-refractivity contribution >= 4 is 11.5 Å². The molecule has 18 heavy (non-hydrogen) atoms. The van der Waals surface area contributed by atoms with Crippen molar-refractivity contribution < 1.29 is 4.74 Å². The van der Waals surface area contributed by atoms with Crippen LogP contribution in [-0.4, -0.2) is 37.1 Å². The summed E-state index contributed by atoms with van der Waals surface area (Å²) in [6, 6.07) is 8.03. The largest absolute Gasteiger partial charge is 0.387 e. The molecule has 0 amide bonds. The topological polar surface area (TPSA) is 62.9 Å². The van der Waals surface area contributed by atoms with E-state index in [-0.39, 0.29) is 0 Å². The molecule has 0 bridgehead atoms. The van der Waals surface area contributed by atoms with E-state index in [0.717, 1.165) is 44.1 Å². The third kappa shape index (κ3) is 3.80. The molecule has 98 valence electrons. The second kappa shape index (κ2) is 6.49. The Morgan fingerprint density at radius 2 is 2.11 bits per heavy atom. The van der Waals surface area contributed by atoms with Gasteiger partial charge in [-0.05, 0) is 18.6 Å². The summed E-state index contributed by atoms with van der Waals surface area (Å²) < 4.78 is 5.31. The van der Waals surface area contributed by atoms with Crippen molar-refractivity contribution in [1.29, 1.82) is 0 Å². The molecule has 0 unspecified atom stereocenters. The Labute approximate surface area is 108 Å². The number of nitrogens with one attached hydrogen (secondary N) is 1. The maximum Gasteiger partial charge on any atom is 0.0965 e. The van der Waals surface area contributed by atoms with Crippen LogP contribution in [0.2, 0.25) is 0 Å². The molecule has 1 aliphatic heterocycles. The highest BCUT2D eigenvalue weighted by Gasteiger charge is 2.10. The minimum atomic E-state index is 0.578. The molecular formula is C13H20N4O. The molecule has 0 aromatic heterocycles. The van der Waals surface area contributed by atoms with Gasteiger partial charge in [0.1, 0.15) is 0 Å². The maximum atomic E-state index is 5.63. The van der Waals surface area contributed by atoms with Crippen LogP contribution in [0.5, 0.6) is 0 Å². The van der Waals surface area contributed by atoms with Crippen LogP contribution in [0, 0.1) is 0 Å². The van der Waals surface area contributed by atoms with Gasteiger partial charge in [-0.1, -0.05) is 18.2 Å². The van der Waals surface area contributed by atoms with E-state index < -0.39 is 0 Å². The first-order valence-corrected chi connectivity index (χ1v) is 6.20. The van der Waals surface area contributed by atoms with Gasteiger partial charge in [-0.25, -0.2) is 10.0 Å². The van der Waals surface area contributed by atoms with Crippen molar-refractivity contribution in [1.82, 2.24) is 10.4 Å². The van der Waals surface area contributed by atoms with E-state index in [1.165, 1.54) is 0 Å². The number of nitrogens with zero attached hydrogens (tertiary/aromatic N) is 2. The van der Waals surface area contributed by atoms with Gasteiger partial charge in [-0.2, -0.15) is 0 Å². The van der Waals surface area contributed by atoms with E-state index in [2.05, 4.69) is 21.5 Å². The lowest BCUT2D eigenvalue weighted by molar-refractivity contribution is 0.0106. The van der Waals surface area contributed by atoms with Crippen LogP contribution in [0.4, 0.5) is 5.69 Å². The number of amidine groups is 1. The highest BCUT2D eigenvalue weighted by atomic mass is 16.5. The summed E-state index contributed by atoms with van der Waals surface area (Å²) in [6.07, 6.45) is 0. The average molecular weight is 248 g/mol. The SMILES string of the molecule is CC(N)=Nc1ccccc1CNN1CCOCC1. The molecule has 1 fully saturated rings. The summed E-state index contributed by atoms with van der Waals surface area (Å²) in [5.41, 5.74) is 11.1. The smallest absolute Gasteiger partial charge is 0.0965 e. The Balaban J connectivity index is 1.97. The Kier molecular flexibility index (Phi) is 4.69. The number of hydrazine groups is 1. The van der Waals surface area contributed by atoms with Crippen LogP contribution in [-0.2, 0) is 11.3 Å². The molecule has 1 aromatic carbocycles. The van der Waals surface area contributed by atoms with Crippen molar-refractivity contribution in [3.8, 4) is 0 Å². The maximum absolute atomic E-state index is 5.63. The van der Waals surface area contributed by atoms with Crippen molar-refractivity contribution in [2.45, 2.75) is 13.5 Å². The van der Waals surface area contributed by atoms with Gasteiger partial charge in [0, 0.05) is 19.6 Å². The third-order valence-corrected chi connectivity index (χ3v) is 2.79. The molecule has 0 aliphatic carbocycles. The number of hydrogen-bond acceptors (Lipinski definition) is 4. The summed E-state index contributed by atoms with van der Waals surface area (Å²) in [4.78, 5) is 4.33. The van der Waals surface area contributed by atoms with Crippen molar-refractivity contribution in [3.05, 3.63) is 29.8 Å². The van der Waals surface area contributed by atoms with Gasteiger partial charge in [0.25, 0.3) is 0 Å². The van der Waals surface area contributed by atoms with Gasteiger partial charge in [-0.3, -0.25) is 5.43 Å². The van der Waals surface area contributed by atoms with Gasteiger partial charge < -0.3 is 10.5 Å². The fourth-order valence-electron chi connectivity index (χ4n) is 1.88. The van der Waals surface area contributed by atoms with Gasteiger partial charge in [0.2, 0.25) is 0 Å². The molecule has 0 spiro atoms. The number of nitrogens with two attached hydrogens (primary N) is 1. The molecular weight excluding hydrogens is 228 g/mol. The first-order chi connectivity index (χ1) is 8.75. The molecule has 0 radical (unpaired) electrons. The monoisotopic (exact) mass is 248 g/mol. The van der Waals surface area contributed by atoms with E-state index >= 15 is 0 Å². The van der Waals surface area contributed by atoms with Crippen molar-refractivity contribution in [3.63, 3.8) is 0 Å². The molecule has 1 aromatic rings. The quantitative estimate of drug-likeness (QED) is 0.617. The van der Waals surface area contributed by atoms with Crippen LogP contribution in [0.25, 0.3) is 0 Å². The molecule has 1 saturated heterocycles. The lowest BCUT2D eigenvalue weighted by atomic mass is 10.2. The number of morpholine rings is 1. The summed E-state index contributed by atoms with van der Waals surface area (Å²) in [5, 5.41) is 2.18. The lowest BCUT2D eigenvalue weighted by Crippen LogP contribution is -2.45. The minimum absolute atomic E-state index is 0.578. The number of aliphatic imine (C=N–C) groups is 1. The highest BCUT2D eigenvalue weighted by Crippen LogP contribution is 2.18. The zero-order valence-corrected chi connectivity index (χ0v) is 10.7. The molecule has 0 saturated carbocycles. The Morgan fingerprint density at radius 3 is 2.83 bits per heavy atom. The van der Waals surface area contributed by atoms with Gasteiger partial charge >= 0.3 is 0 Å². The van der Waals surface area contributed by atoms with Gasteiger partial charge in [0.05, 0.1) is 24.7 Å². The van der Waals surface area contributed by atoms with Crippen LogP contribution in [0.3, 0.4) is 0 Å². The molecule has 3 N–H and O–H groups in total. The number of hydrogen-bond donors (Lipinski definition) is 2. The second-order valence-corrected chi connectivity index (χ2v) is 4.32. The molecule has 2 rings (SSSR count). The fraction of sp³-hybridized carbons (Fsp3) is 0.462. The highest BCUT2D eigenvalue weighted by molar-refractivity contribution is 5.81. The molecule has 5 nitrogen and oxygen atoms in total. The predicted molar refractivity (Wildman–Crippen MR) is 72.6 cm³/mol. The van der Waals surface area contributed by atoms with Crippen molar-refractivity contribution in [2.75, 3.05) is 26.3 Å². The zero-order valence-electron chi connectivity index (χ0n) is 10.7. The van der Waals surface area contributed by atoms with E-state index in [4.69, 9.17) is 10.5 Å². The normalized spacial score (nSPS) is 17.9. The molecule has 0 atom stereocenters. The molecule has 1 aliphatic rings. The van der Waals surface area contributed by atoms with Crippen molar-refractivity contribution in [2.24, 2.45) is 10.7 Å². The number of benzene rings is 1. The first kappa shape index (κ1) is 13.0. The average Bonchev–Trinajstić information content (AvgIpc) is 2.38. The number of para-hydroxylation sites is 1. The summed E-state index contributed by atoms with van der Waals surface area (Å²) in [7, 11) is 0. The second-order valence-electron chi connectivity index (χ2n) is 4.32. The first-order valence-electron chi connectivity index (χ1n) is 6.20. The van der Waals surface area contributed by atoms with Crippen LogP contribution in [0.15, 0.2) is 29.3 Å². The lowest BCUT2D eigenvalue weighted by Gasteiger charge is -2.27. The fourth-order valence-corrected chi connectivity index (χ4v) is 1.88. The standard InChI is InChI=1S/C13H20N4O/c1-11(14)16-13-5-3-2-4-12(13)10-15-17-6-8-18-9-7-17/h2-5,15H,6-10H2,1H3,(H2,14,16). The summed E-state index contributed by atoms with van der Waals surface area (Å²) >= 11 is 0. The summed E-state index contributed by atoms with van der Waals surface area (Å²) in [6.45, 7) is 5.96. The number of ether oxygens (including phenoxy) is 1. The molecule has 5 heteroatoms. The third-order valence-electron chi connectivity index (χ3n) is 2.79. The van der Waals surface area contributed by atoms with E-state index in [0.29, 0.717) is 5.84 Å². The van der Waals surface area contributed by atoms with E-state index in [1.54, 1.807) is 6.92 Å². The minimum Gasteiger partial charge on any atom is -0.387 e. The van der Waals surface area contributed by atoms with E-state index in [9.17, 15) is 0 Å². The number of rotatable bonds is 4. The Bertz CT molecular complexity index is 409. The predicted octanol–water partition coefficient (Wildman–Crippen LogP) is 1.03. The zero-order chi connectivity index (χ0) is 12.8.